The number of halogens is 1. The molecule has 1 aromatic rings. The highest BCUT2D eigenvalue weighted by molar-refractivity contribution is 5.10. The Kier molecular flexibility index (Phi) is 3.14. The minimum absolute atomic E-state index is 0.397. The molecule has 0 radical (unpaired) electrons. The number of pyridine rings is 1. The molecule has 13 heavy (non-hydrogen) atoms. The molecule has 0 fully saturated rings. The Bertz CT molecular complexity index is 294. The fourth-order valence-electron chi connectivity index (χ4n) is 1.02. The topological polar surface area (TPSA) is 33.1 Å². The Morgan fingerprint density at radius 2 is 2.38 bits per heavy atom. The predicted octanol–water partition coefficient (Wildman–Crippen LogP) is 2.22. The van der Waals surface area contributed by atoms with E-state index in [-0.39, 0.29) is 0 Å². The van der Waals surface area contributed by atoms with Gasteiger partial charge in [-0.05, 0) is 25.5 Å². The lowest BCUT2D eigenvalue weighted by molar-refractivity contribution is 0.173. The Balaban J connectivity index is 2.71. The van der Waals surface area contributed by atoms with E-state index in [0.717, 1.165) is 11.8 Å². The Hall–Kier alpha value is -1.22. The van der Waals surface area contributed by atoms with E-state index in [0.29, 0.717) is 12.1 Å². The van der Waals surface area contributed by atoms with Gasteiger partial charge in [0.05, 0.1) is 18.0 Å². The molecule has 1 atom stereocenters. The molecule has 1 heterocycles. The lowest BCUT2D eigenvalue weighted by atomic mass is 10.1. The van der Waals surface area contributed by atoms with Crippen LogP contribution in [0.5, 0.6) is 0 Å². The van der Waals surface area contributed by atoms with Crippen molar-refractivity contribution < 1.29 is 9.50 Å². The minimum atomic E-state index is -0.682. The van der Waals surface area contributed by atoms with Crippen LogP contribution in [-0.4, -0.2) is 10.1 Å². The molecule has 0 amide bonds. The van der Waals surface area contributed by atoms with Gasteiger partial charge in [-0.25, -0.2) is 4.39 Å². The summed E-state index contributed by atoms with van der Waals surface area (Å²) < 4.78 is 12.5. The van der Waals surface area contributed by atoms with Crippen LogP contribution >= 0.6 is 0 Å². The van der Waals surface area contributed by atoms with E-state index in [2.05, 4.69) is 11.6 Å². The normalized spacial score (nSPS) is 12.5. The van der Waals surface area contributed by atoms with Gasteiger partial charge in [0.15, 0.2) is 0 Å². The Morgan fingerprint density at radius 3 is 2.85 bits per heavy atom. The number of aromatic nitrogens is 1. The minimum Gasteiger partial charge on any atom is -0.386 e. The highest BCUT2D eigenvalue weighted by Crippen LogP contribution is 2.17. The summed E-state index contributed by atoms with van der Waals surface area (Å²) >= 11 is 0. The second kappa shape index (κ2) is 4.14. The first-order valence-corrected chi connectivity index (χ1v) is 4.03. The van der Waals surface area contributed by atoms with Crippen LogP contribution in [0.2, 0.25) is 0 Å². The zero-order valence-electron chi connectivity index (χ0n) is 7.50. The summed E-state index contributed by atoms with van der Waals surface area (Å²) in [6.07, 6.45) is 0.869. The molecular formula is C10H12FNO. The molecular weight excluding hydrogens is 169 g/mol. The van der Waals surface area contributed by atoms with Gasteiger partial charge in [-0.3, -0.25) is 4.98 Å². The predicted molar refractivity (Wildman–Crippen MR) is 48.6 cm³/mol. The third-order valence-electron chi connectivity index (χ3n) is 1.63. The summed E-state index contributed by atoms with van der Waals surface area (Å²) in [6.45, 7) is 5.50. The smallest absolute Gasteiger partial charge is 0.141 e. The largest absolute Gasteiger partial charge is 0.386 e. The highest BCUT2D eigenvalue weighted by atomic mass is 19.1. The van der Waals surface area contributed by atoms with E-state index in [9.17, 15) is 9.50 Å². The van der Waals surface area contributed by atoms with Gasteiger partial charge in [-0.1, -0.05) is 5.57 Å². The highest BCUT2D eigenvalue weighted by Gasteiger charge is 2.08. The molecule has 0 aliphatic rings. The summed E-state index contributed by atoms with van der Waals surface area (Å²) in [7, 11) is 0. The standard InChI is InChI=1S/C10H12FNO/c1-7(2)5-10(13)9-4-3-8(11)6-12-9/h3-4,6,10,13H,1,5H2,2H3. The number of hydrogen-bond acceptors (Lipinski definition) is 2. The maximum Gasteiger partial charge on any atom is 0.141 e. The van der Waals surface area contributed by atoms with Gasteiger partial charge in [-0.15, -0.1) is 6.58 Å². The summed E-state index contributed by atoms with van der Waals surface area (Å²) in [6, 6.07) is 2.76. The van der Waals surface area contributed by atoms with Crippen molar-refractivity contribution in [1.29, 1.82) is 0 Å². The molecule has 3 heteroatoms. The summed E-state index contributed by atoms with van der Waals surface area (Å²) in [5.41, 5.74) is 1.35. The van der Waals surface area contributed by atoms with Gasteiger partial charge in [-0.2, -0.15) is 0 Å². The van der Waals surface area contributed by atoms with Gasteiger partial charge in [0.2, 0.25) is 0 Å². The van der Waals surface area contributed by atoms with Crippen molar-refractivity contribution in [3.8, 4) is 0 Å². The van der Waals surface area contributed by atoms with Crippen LogP contribution in [0.25, 0.3) is 0 Å². The Labute approximate surface area is 76.7 Å². The van der Waals surface area contributed by atoms with Crippen molar-refractivity contribution in [2.45, 2.75) is 19.4 Å². The maximum atomic E-state index is 12.5. The van der Waals surface area contributed by atoms with Gasteiger partial charge >= 0.3 is 0 Å². The van der Waals surface area contributed by atoms with Crippen molar-refractivity contribution in [1.82, 2.24) is 4.98 Å². The van der Waals surface area contributed by atoms with Crippen molar-refractivity contribution in [2.24, 2.45) is 0 Å². The van der Waals surface area contributed by atoms with Crippen molar-refractivity contribution in [2.75, 3.05) is 0 Å². The van der Waals surface area contributed by atoms with E-state index >= 15 is 0 Å². The monoisotopic (exact) mass is 181 g/mol. The summed E-state index contributed by atoms with van der Waals surface area (Å²) in [4.78, 5) is 3.77. The van der Waals surface area contributed by atoms with Crippen molar-refractivity contribution in [3.63, 3.8) is 0 Å². The van der Waals surface area contributed by atoms with Crippen LogP contribution in [-0.2, 0) is 0 Å². The number of aliphatic hydroxyl groups excluding tert-OH is 1. The van der Waals surface area contributed by atoms with Crippen LogP contribution in [0.4, 0.5) is 4.39 Å². The van der Waals surface area contributed by atoms with E-state index < -0.39 is 11.9 Å². The molecule has 0 saturated heterocycles. The third-order valence-corrected chi connectivity index (χ3v) is 1.63. The molecule has 0 aliphatic heterocycles. The second-order valence-electron chi connectivity index (χ2n) is 3.08. The van der Waals surface area contributed by atoms with Gasteiger partial charge < -0.3 is 5.11 Å². The zero-order valence-corrected chi connectivity index (χ0v) is 7.50. The molecule has 0 spiro atoms. The number of rotatable bonds is 3. The van der Waals surface area contributed by atoms with Crippen LogP contribution < -0.4 is 0 Å². The molecule has 1 rings (SSSR count). The number of hydrogen-bond donors (Lipinski definition) is 1. The average Bonchev–Trinajstić information content (AvgIpc) is 2.04. The van der Waals surface area contributed by atoms with Gasteiger partial charge in [0, 0.05) is 0 Å². The van der Waals surface area contributed by atoms with E-state index in [1.807, 2.05) is 6.92 Å². The van der Waals surface area contributed by atoms with Crippen molar-refractivity contribution >= 4 is 0 Å². The van der Waals surface area contributed by atoms with E-state index in [1.165, 1.54) is 12.1 Å². The van der Waals surface area contributed by atoms with Crippen LogP contribution in [0, 0.1) is 5.82 Å². The maximum absolute atomic E-state index is 12.5. The molecule has 0 aromatic carbocycles. The lowest BCUT2D eigenvalue weighted by Gasteiger charge is -2.08. The van der Waals surface area contributed by atoms with Crippen LogP contribution in [0.15, 0.2) is 30.5 Å². The van der Waals surface area contributed by atoms with Crippen molar-refractivity contribution in [3.05, 3.63) is 42.0 Å². The summed E-state index contributed by atoms with van der Waals surface area (Å²) in [5, 5.41) is 9.54. The molecule has 0 saturated carbocycles. The fraction of sp³-hybridized carbons (Fsp3) is 0.300. The molecule has 70 valence electrons. The second-order valence-corrected chi connectivity index (χ2v) is 3.08. The molecule has 0 aliphatic carbocycles. The van der Waals surface area contributed by atoms with Crippen LogP contribution in [0.3, 0.4) is 0 Å². The average molecular weight is 181 g/mol. The molecule has 0 bridgehead atoms. The molecule has 1 aromatic heterocycles. The van der Waals surface area contributed by atoms with E-state index in [1.54, 1.807) is 0 Å². The SMILES string of the molecule is C=C(C)CC(O)c1ccc(F)cn1. The lowest BCUT2D eigenvalue weighted by Crippen LogP contribution is -2.00. The fourth-order valence-corrected chi connectivity index (χ4v) is 1.02. The summed E-state index contributed by atoms with van der Waals surface area (Å²) in [5.74, 6) is -0.397. The third kappa shape index (κ3) is 2.95. The van der Waals surface area contributed by atoms with Gasteiger partial charge in [0.25, 0.3) is 0 Å². The molecule has 2 nitrogen and oxygen atoms in total. The number of nitrogens with zero attached hydrogens (tertiary/aromatic N) is 1. The first-order valence-electron chi connectivity index (χ1n) is 4.03. The van der Waals surface area contributed by atoms with Crippen LogP contribution in [0.1, 0.15) is 25.1 Å². The first-order chi connectivity index (χ1) is 6.09. The quantitative estimate of drug-likeness (QED) is 0.725. The van der Waals surface area contributed by atoms with Gasteiger partial charge in [0.1, 0.15) is 5.82 Å². The molecule has 1 unspecified atom stereocenters. The van der Waals surface area contributed by atoms with E-state index in [4.69, 9.17) is 0 Å². The Morgan fingerprint density at radius 1 is 1.69 bits per heavy atom. The zero-order chi connectivity index (χ0) is 9.84. The first kappa shape index (κ1) is 9.86. The molecule has 1 N–H and O–H groups in total. The number of aliphatic hydroxyl groups is 1.